The molecule has 1 aromatic carbocycles. The summed E-state index contributed by atoms with van der Waals surface area (Å²) in [7, 11) is 0. The molecule has 2 aliphatic carbocycles. The Balaban J connectivity index is 1.35. The van der Waals surface area contributed by atoms with E-state index in [2.05, 4.69) is 20.4 Å². The van der Waals surface area contributed by atoms with Crippen molar-refractivity contribution >= 4 is 17.2 Å². The standard InChI is InChI=1S/C28H29F3N6/c29-22-13-18(28(31)9-1-2-10-28)14-23(30)26(22)24-7-6-20-15-34-27(37(20)36-24)35-25-16-33-11-8-21(25)17-4-3-5-19(32)12-17/h6-8,11,13-17,19H,1-5,9-10,12,32H2,(H,34,35). The molecule has 0 radical (unpaired) electrons. The van der Waals surface area contributed by atoms with Crippen LogP contribution in [0.25, 0.3) is 16.8 Å². The number of fused-ring (bicyclic) bond motifs is 1. The third kappa shape index (κ3) is 4.45. The summed E-state index contributed by atoms with van der Waals surface area (Å²) in [5.74, 6) is -0.950. The van der Waals surface area contributed by atoms with Crippen LogP contribution in [0.15, 0.2) is 48.9 Å². The number of hydrogen-bond donors (Lipinski definition) is 2. The molecule has 0 saturated heterocycles. The number of rotatable bonds is 5. The van der Waals surface area contributed by atoms with Gasteiger partial charge < -0.3 is 11.1 Å². The van der Waals surface area contributed by atoms with E-state index in [-0.39, 0.29) is 35.7 Å². The number of halogens is 3. The maximum Gasteiger partial charge on any atom is 0.229 e. The van der Waals surface area contributed by atoms with Crippen molar-refractivity contribution in [1.29, 1.82) is 0 Å². The molecule has 2 aliphatic rings. The zero-order valence-electron chi connectivity index (χ0n) is 20.4. The number of benzene rings is 1. The maximum absolute atomic E-state index is 15.2. The van der Waals surface area contributed by atoms with Gasteiger partial charge in [0.1, 0.15) is 17.3 Å². The average molecular weight is 507 g/mol. The molecular weight excluding hydrogens is 477 g/mol. The van der Waals surface area contributed by atoms with Crippen molar-refractivity contribution in [2.75, 3.05) is 5.32 Å². The molecular formula is C28H29F3N6. The highest BCUT2D eigenvalue weighted by molar-refractivity contribution is 5.66. The van der Waals surface area contributed by atoms with Crippen LogP contribution in [0.2, 0.25) is 0 Å². The van der Waals surface area contributed by atoms with Crippen molar-refractivity contribution in [2.45, 2.75) is 69.0 Å². The number of alkyl halides is 1. The number of pyridine rings is 1. The molecule has 37 heavy (non-hydrogen) atoms. The van der Waals surface area contributed by atoms with Crippen molar-refractivity contribution in [3.8, 4) is 11.3 Å². The third-order valence-corrected chi connectivity index (χ3v) is 7.85. The third-order valence-electron chi connectivity index (χ3n) is 7.85. The van der Waals surface area contributed by atoms with Gasteiger partial charge in [0, 0.05) is 12.2 Å². The Kier molecular flexibility index (Phi) is 6.10. The summed E-state index contributed by atoms with van der Waals surface area (Å²) < 4.78 is 47.0. The molecule has 0 aliphatic heterocycles. The summed E-state index contributed by atoms with van der Waals surface area (Å²) >= 11 is 0. The van der Waals surface area contributed by atoms with Crippen molar-refractivity contribution in [2.24, 2.45) is 5.73 Å². The van der Waals surface area contributed by atoms with Gasteiger partial charge in [0.15, 0.2) is 0 Å². The fraction of sp³-hybridized carbons (Fsp3) is 0.393. The first-order valence-corrected chi connectivity index (χ1v) is 12.9. The highest BCUT2D eigenvalue weighted by atomic mass is 19.1. The summed E-state index contributed by atoms with van der Waals surface area (Å²) in [5, 5.41) is 7.82. The van der Waals surface area contributed by atoms with Crippen molar-refractivity contribution in [1.82, 2.24) is 19.6 Å². The van der Waals surface area contributed by atoms with Gasteiger partial charge in [-0.25, -0.2) is 18.2 Å². The van der Waals surface area contributed by atoms with Crippen molar-refractivity contribution < 1.29 is 13.2 Å². The molecule has 0 spiro atoms. The second-order valence-electron chi connectivity index (χ2n) is 10.3. The Labute approximate surface area is 213 Å². The van der Waals surface area contributed by atoms with E-state index in [4.69, 9.17) is 5.73 Å². The Morgan fingerprint density at radius 2 is 1.78 bits per heavy atom. The number of nitrogens with one attached hydrogen (secondary N) is 1. The quantitative estimate of drug-likeness (QED) is 0.321. The molecule has 9 heteroatoms. The van der Waals surface area contributed by atoms with Crippen LogP contribution in [0, 0.1) is 11.6 Å². The summed E-state index contributed by atoms with van der Waals surface area (Å²) in [6.45, 7) is 0. The van der Waals surface area contributed by atoms with Gasteiger partial charge in [0.05, 0.1) is 34.9 Å². The molecule has 0 amide bonds. The van der Waals surface area contributed by atoms with E-state index in [0.717, 1.165) is 49.1 Å². The monoisotopic (exact) mass is 506 g/mol. The summed E-state index contributed by atoms with van der Waals surface area (Å²) in [5.41, 5.74) is 6.98. The molecule has 3 N–H and O–H groups in total. The molecule has 2 fully saturated rings. The summed E-state index contributed by atoms with van der Waals surface area (Å²) in [6, 6.07) is 7.63. The second-order valence-corrected chi connectivity index (χ2v) is 10.3. The van der Waals surface area contributed by atoms with Crippen LogP contribution in [0.1, 0.15) is 68.4 Å². The Morgan fingerprint density at radius 1 is 1.00 bits per heavy atom. The molecule has 4 aromatic rings. The summed E-state index contributed by atoms with van der Waals surface area (Å²) in [6.07, 6.45) is 11.2. The van der Waals surface area contributed by atoms with Gasteiger partial charge in [0.2, 0.25) is 5.95 Å². The molecule has 3 aromatic heterocycles. The normalized spacial score (nSPS) is 21.4. The van der Waals surface area contributed by atoms with E-state index >= 15 is 13.2 Å². The Bertz CT molecular complexity index is 1420. The highest BCUT2D eigenvalue weighted by Gasteiger charge is 2.37. The Morgan fingerprint density at radius 3 is 2.54 bits per heavy atom. The van der Waals surface area contributed by atoms with Gasteiger partial charge in [-0.05, 0) is 92.3 Å². The molecule has 6 nitrogen and oxygen atoms in total. The molecule has 2 atom stereocenters. The summed E-state index contributed by atoms with van der Waals surface area (Å²) in [4.78, 5) is 8.72. The zero-order valence-corrected chi connectivity index (χ0v) is 20.4. The molecule has 6 rings (SSSR count). The van der Waals surface area contributed by atoms with E-state index in [9.17, 15) is 0 Å². The molecule has 3 heterocycles. The van der Waals surface area contributed by atoms with E-state index in [1.807, 2.05) is 6.07 Å². The van der Waals surface area contributed by atoms with Crippen molar-refractivity contribution in [3.63, 3.8) is 0 Å². The van der Waals surface area contributed by atoms with Crippen LogP contribution in [-0.4, -0.2) is 25.6 Å². The number of nitrogens with two attached hydrogens (primary N) is 1. The van der Waals surface area contributed by atoms with Crippen LogP contribution >= 0.6 is 0 Å². The minimum atomic E-state index is -1.68. The molecule has 2 saturated carbocycles. The van der Waals surface area contributed by atoms with E-state index < -0.39 is 17.3 Å². The predicted molar refractivity (Wildman–Crippen MR) is 136 cm³/mol. The maximum atomic E-state index is 15.2. The van der Waals surface area contributed by atoms with Gasteiger partial charge >= 0.3 is 0 Å². The van der Waals surface area contributed by atoms with Crippen LogP contribution in [-0.2, 0) is 5.67 Å². The van der Waals surface area contributed by atoms with E-state index in [1.54, 1.807) is 30.7 Å². The van der Waals surface area contributed by atoms with Crippen LogP contribution in [0.3, 0.4) is 0 Å². The number of hydrogen-bond acceptors (Lipinski definition) is 5. The fourth-order valence-corrected chi connectivity index (χ4v) is 5.90. The lowest BCUT2D eigenvalue weighted by molar-refractivity contribution is 0.173. The molecule has 0 bridgehead atoms. The lowest BCUT2D eigenvalue weighted by Crippen LogP contribution is -2.27. The van der Waals surface area contributed by atoms with Crippen molar-refractivity contribution in [3.05, 3.63) is 71.7 Å². The topological polar surface area (TPSA) is 81.1 Å². The van der Waals surface area contributed by atoms with Gasteiger partial charge in [-0.1, -0.05) is 6.42 Å². The first kappa shape index (κ1) is 23.9. The first-order chi connectivity index (χ1) is 17.9. The average Bonchev–Trinajstić information content (AvgIpc) is 3.51. The first-order valence-electron chi connectivity index (χ1n) is 12.9. The SMILES string of the molecule is NC1CCCC(c2ccncc2Nc2ncc3ccc(-c4c(F)cc(C5(F)CCCC5)cc4F)nn23)C1. The van der Waals surface area contributed by atoms with Crippen LogP contribution in [0.4, 0.5) is 24.8 Å². The van der Waals surface area contributed by atoms with Gasteiger partial charge in [-0.3, -0.25) is 4.98 Å². The minimum absolute atomic E-state index is 0.0568. The van der Waals surface area contributed by atoms with Gasteiger partial charge in [0.25, 0.3) is 0 Å². The number of imidazole rings is 1. The van der Waals surface area contributed by atoms with Gasteiger partial charge in [-0.2, -0.15) is 9.61 Å². The highest BCUT2D eigenvalue weighted by Crippen LogP contribution is 2.44. The lowest BCUT2D eigenvalue weighted by atomic mass is 9.81. The smallest absolute Gasteiger partial charge is 0.229 e. The largest absolute Gasteiger partial charge is 0.328 e. The zero-order chi connectivity index (χ0) is 25.6. The Hall–Kier alpha value is -3.46. The molecule has 2 unspecified atom stereocenters. The van der Waals surface area contributed by atoms with E-state index in [0.29, 0.717) is 30.2 Å². The number of anilines is 2. The van der Waals surface area contributed by atoms with E-state index in [1.165, 1.54) is 4.52 Å². The number of aromatic nitrogens is 4. The molecule has 192 valence electrons. The lowest BCUT2D eigenvalue weighted by Gasteiger charge is -2.28. The van der Waals surface area contributed by atoms with Crippen LogP contribution in [0.5, 0.6) is 0 Å². The fourth-order valence-electron chi connectivity index (χ4n) is 5.90. The minimum Gasteiger partial charge on any atom is -0.328 e. The predicted octanol–water partition coefficient (Wildman–Crippen LogP) is 6.54. The second kappa shape index (κ2) is 9.45. The number of nitrogens with zero attached hydrogens (tertiary/aromatic N) is 4. The van der Waals surface area contributed by atoms with Crippen LogP contribution < -0.4 is 11.1 Å². The van der Waals surface area contributed by atoms with Gasteiger partial charge in [-0.15, -0.1) is 0 Å².